The first-order chi connectivity index (χ1) is 28.3. The van der Waals surface area contributed by atoms with E-state index in [1.165, 1.54) is 58.4 Å². The zero-order valence-corrected chi connectivity index (χ0v) is 31.5. The van der Waals surface area contributed by atoms with Crippen molar-refractivity contribution in [2.45, 2.75) is 0 Å². The highest BCUT2D eigenvalue weighted by Crippen LogP contribution is 2.42. The Balaban J connectivity index is 1.07. The van der Waals surface area contributed by atoms with Crippen LogP contribution in [-0.2, 0) is 0 Å². The van der Waals surface area contributed by atoms with Gasteiger partial charge in [-0.1, -0.05) is 146 Å². The molecule has 0 unspecified atom stereocenters. The zero-order chi connectivity index (χ0) is 37.5. The summed E-state index contributed by atoms with van der Waals surface area (Å²) in [6.07, 6.45) is 0. The lowest BCUT2D eigenvalue weighted by molar-refractivity contribution is 0.996. The normalized spacial score (nSPS) is 11.9. The fourth-order valence-electron chi connectivity index (χ4n) is 8.73. The maximum atomic E-state index is 5.27. The molecule has 0 saturated carbocycles. The van der Waals surface area contributed by atoms with Gasteiger partial charge in [0.1, 0.15) is 0 Å². The van der Waals surface area contributed by atoms with Crippen molar-refractivity contribution in [3.05, 3.63) is 194 Å². The predicted molar refractivity (Wildman–Crippen MR) is 240 cm³/mol. The highest BCUT2D eigenvalue weighted by atomic mass is 32.1. The average Bonchev–Trinajstić information content (AvgIpc) is 3.94. The molecule has 5 heteroatoms. The lowest BCUT2D eigenvalue weighted by Crippen LogP contribution is -2.04. The number of thiophene rings is 1. The smallest absolute Gasteiger partial charge is 0.235 e. The standard InChI is InChI=1S/C52H32N4S/c1-3-14-33(15-4-1)43-32-44(34-16-5-2-6-17-34)54-52(53-43)56-46-23-11-7-18-37(46)39-28-26-36(31-49(39)56)35-27-29-47-42(30-35)38-19-8-10-22-45(38)55(47)48-24-13-21-41-40-20-9-12-25-50(40)57-51(41)48/h1-32H. The van der Waals surface area contributed by atoms with Crippen LogP contribution >= 0.6 is 11.3 Å². The minimum Gasteiger partial charge on any atom is -0.308 e. The third-order valence-electron chi connectivity index (χ3n) is 11.4. The van der Waals surface area contributed by atoms with E-state index in [0.29, 0.717) is 5.95 Å². The fourth-order valence-corrected chi connectivity index (χ4v) is 9.94. The van der Waals surface area contributed by atoms with Gasteiger partial charge in [-0.3, -0.25) is 4.57 Å². The number of fused-ring (bicyclic) bond motifs is 9. The van der Waals surface area contributed by atoms with Crippen molar-refractivity contribution in [3.8, 4) is 45.3 Å². The van der Waals surface area contributed by atoms with Gasteiger partial charge in [-0.2, -0.15) is 0 Å². The summed E-state index contributed by atoms with van der Waals surface area (Å²) in [5, 5.41) is 7.41. The SMILES string of the molecule is c1ccc(-c2cc(-c3ccccc3)nc(-n3c4ccccc4c4ccc(-c5ccc6c(c5)c5ccccc5n6-c5cccc6c5sc5ccccc56)cc43)n2)cc1. The topological polar surface area (TPSA) is 35.6 Å². The van der Waals surface area contributed by atoms with Gasteiger partial charge < -0.3 is 4.57 Å². The van der Waals surface area contributed by atoms with Crippen LogP contribution in [0.25, 0.3) is 109 Å². The quantitative estimate of drug-likeness (QED) is 0.176. The number of rotatable bonds is 5. The van der Waals surface area contributed by atoms with Crippen LogP contribution in [0.3, 0.4) is 0 Å². The summed E-state index contributed by atoms with van der Waals surface area (Å²) in [5.74, 6) is 0.646. The average molecular weight is 745 g/mol. The molecule has 4 aromatic heterocycles. The Morgan fingerprint density at radius 1 is 0.333 bits per heavy atom. The van der Waals surface area contributed by atoms with Crippen molar-refractivity contribution in [1.29, 1.82) is 0 Å². The van der Waals surface area contributed by atoms with Crippen molar-refractivity contribution < 1.29 is 0 Å². The third-order valence-corrected chi connectivity index (χ3v) is 12.6. The predicted octanol–water partition coefficient (Wildman–Crippen LogP) is 14.0. The molecule has 0 radical (unpaired) electrons. The molecule has 0 spiro atoms. The Kier molecular flexibility index (Phi) is 7.06. The van der Waals surface area contributed by atoms with E-state index in [4.69, 9.17) is 9.97 Å². The fraction of sp³-hybridized carbons (Fsp3) is 0. The van der Waals surface area contributed by atoms with E-state index in [2.05, 4.69) is 191 Å². The second-order valence-electron chi connectivity index (χ2n) is 14.6. The van der Waals surface area contributed by atoms with Gasteiger partial charge in [-0.15, -0.1) is 11.3 Å². The number of nitrogens with zero attached hydrogens (tertiary/aromatic N) is 4. The molecule has 12 rings (SSSR count). The van der Waals surface area contributed by atoms with E-state index >= 15 is 0 Å². The minimum atomic E-state index is 0.646. The molecule has 266 valence electrons. The number of aromatic nitrogens is 4. The summed E-state index contributed by atoms with van der Waals surface area (Å²) in [4.78, 5) is 10.5. The molecule has 0 fully saturated rings. The molecule has 0 saturated heterocycles. The van der Waals surface area contributed by atoms with Gasteiger partial charge in [0, 0.05) is 48.1 Å². The van der Waals surface area contributed by atoms with Gasteiger partial charge in [-0.25, -0.2) is 9.97 Å². The Hall–Kier alpha value is -7.34. The number of hydrogen-bond donors (Lipinski definition) is 0. The maximum absolute atomic E-state index is 5.27. The molecule has 0 N–H and O–H groups in total. The third kappa shape index (κ3) is 4.99. The van der Waals surface area contributed by atoms with Gasteiger partial charge in [0.2, 0.25) is 5.95 Å². The Morgan fingerprint density at radius 2 is 0.877 bits per heavy atom. The Bertz CT molecular complexity index is 3460. The van der Waals surface area contributed by atoms with Gasteiger partial charge in [-0.05, 0) is 59.7 Å². The highest BCUT2D eigenvalue weighted by Gasteiger charge is 2.20. The van der Waals surface area contributed by atoms with Gasteiger partial charge in [0.25, 0.3) is 0 Å². The van der Waals surface area contributed by atoms with Crippen molar-refractivity contribution in [2.75, 3.05) is 0 Å². The first-order valence-electron chi connectivity index (χ1n) is 19.2. The first kappa shape index (κ1) is 32.0. The molecule has 0 bridgehead atoms. The van der Waals surface area contributed by atoms with Gasteiger partial charge >= 0.3 is 0 Å². The van der Waals surface area contributed by atoms with Crippen molar-refractivity contribution in [2.24, 2.45) is 0 Å². The van der Waals surface area contributed by atoms with E-state index < -0.39 is 0 Å². The lowest BCUT2D eigenvalue weighted by atomic mass is 10.0. The van der Waals surface area contributed by atoms with Gasteiger partial charge in [0.15, 0.2) is 0 Å². The number of benzene rings is 8. The molecule has 0 aliphatic heterocycles. The minimum absolute atomic E-state index is 0.646. The summed E-state index contributed by atoms with van der Waals surface area (Å²) >= 11 is 1.87. The molecule has 8 aromatic carbocycles. The molecular formula is C52H32N4S. The molecule has 0 atom stereocenters. The molecule has 57 heavy (non-hydrogen) atoms. The largest absolute Gasteiger partial charge is 0.308 e. The van der Waals surface area contributed by atoms with Crippen LogP contribution < -0.4 is 0 Å². The van der Waals surface area contributed by atoms with E-state index in [0.717, 1.165) is 44.7 Å². The summed E-state index contributed by atoms with van der Waals surface area (Å²) in [7, 11) is 0. The summed E-state index contributed by atoms with van der Waals surface area (Å²) < 4.78 is 7.31. The van der Waals surface area contributed by atoms with E-state index in [-0.39, 0.29) is 0 Å². The lowest BCUT2D eigenvalue weighted by Gasteiger charge is -2.12. The molecule has 4 nitrogen and oxygen atoms in total. The monoisotopic (exact) mass is 744 g/mol. The molecule has 12 aromatic rings. The summed E-state index contributed by atoms with van der Waals surface area (Å²) in [6.45, 7) is 0. The number of para-hydroxylation sites is 2. The second kappa shape index (κ2) is 12.6. The second-order valence-corrected chi connectivity index (χ2v) is 15.6. The van der Waals surface area contributed by atoms with E-state index in [1.54, 1.807) is 0 Å². The van der Waals surface area contributed by atoms with Crippen molar-refractivity contribution in [3.63, 3.8) is 0 Å². The van der Waals surface area contributed by atoms with Gasteiger partial charge in [0.05, 0.1) is 43.8 Å². The highest BCUT2D eigenvalue weighted by molar-refractivity contribution is 7.26. The van der Waals surface area contributed by atoms with E-state index in [9.17, 15) is 0 Å². The van der Waals surface area contributed by atoms with Crippen LogP contribution in [0.4, 0.5) is 0 Å². The van der Waals surface area contributed by atoms with Crippen molar-refractivity contribution >= 4 is 75.1 Å². The zero-order valence-electron chi connectivity index (χ0n) is 30.7. The molecule has 0 amide bonds. The van der Waals surface area contributed by atoms with Crippen molar-refractivity contribution in [1.82, 2.24) is 19.1 Å². The first-order valence-corrected chi connectivity index (χ1v) is 20.1. The molecule has 0 aliphatic rings. The van der Waals surface area contributed by atoms with Crippen LogP contribution in [-0.4, -0.2) is 19.1 Å². The summed E-state index contributed by atoms with van der Waals surface area (Å²) in [5.41, 5.74) is 11.9. The molecule has 4 heterocycles. The molecular weight excluding hydrogens is 713 g/mol. The van der Waals surface area contributed by atoms with Crippen LogP contribution in [0.15, 0.2) is 194 Å². The van der Waals surface area contributed by atoms with Crippen LogP contribution in [0.2, 0.25) is 0 Å². The summed E-state index contributed by atoms with van der Waals surface area (Å²) in [6, 6.07) is 69.5. The van der Waals surface area contributed by atoms with Crippen LogP contribution in [0.5, 0.6) is 0 Å². The number of hydrogen-bond acceptors (Lipinski definition) is 3. The maximum Gasteiger partial charge on any atom is 0.235 e. The van der Waals surface area contributed by atoms with Crippen LogP contribution in [0.1, 0.15) is 0 Å². The Labute approximate surface area is 332 Å². The van der Waals surface area contributed by atoms with Crippen LogP contribution in [0, 0.1) is 0 Å². The Morgan fingerprint density at radius 3 is 1.61 bits per heavy atom. The molecule has 0 aliphatic carbocycles. The van der Waals surface area contributed by atoms with E-state index in [1.807, 2.05) is 23.5 Å².